The molecule has 3 N–H and O–H groups in total. The van der Waals surface area contributed by atoms with Crippen molar-refractivity contribution in [3.05, 3.63) is 53.6 Å². The number of carbonyl (C=O) groups excluding carboxylic acids is 1. The molecular formula is C14H12F2N2O2. The molecule has 0 aliphatic heterocycles. The molecule has 4 nitrogen and oxygen atoms in total. The van der Waals surface area contributed by atoms with Gasteiger partial charge in [0.1, 0.15) is 11.6 Å². The first-order chi connectivity index (χ1) is 9.52. The van der Waals surface area contributed by atoms with Crippen molar-refractivity contribution in [1.82, 2.24) is 0 Å². The molecule has 2 aromatic rings. The highest BCUT2D eigenvalue weighted by Crippen LogP contribution is 2.27. The summed E-state index contributed by atoms with van der Waals surface area (Å²) in [5.41, 5.74) is 5.84. The van der Waals surface area contributed by atoms with Gasteiger partial charge in [0.25, 0.3) is 5.91 Å². The molecule has 0 bridgehead atoms. The van der Waals surface area contributed by atoms with E-state index < -0.39 is 17.5 Å². The lowest BCUT2D eigenvalue weighted by Crippen LogP contribution is -2.15. The van der Waals surface area contributed by atoms with Crippen LogP contribution in [0.5, 0.6) is 5.75 Å². The maximum atomic E-state index is 13.5. The summed E-state index contributed by atoms with van der Waals surface area (Å²) in [5.74, 6) is -1.84. The van der Waals surface area contributed by atoms with E-state index in [4.69, 9.17) is 10.5 Å². The number of carbonyl (C=O) groups is 1. The largest absolute Gasteiger partial charge is 0.494 e. The predicted octanol–water partition coefficient (Wildman–Crippen LogP) is 2.81. The van der Waals surface area contributed by atoms with Crippen molar-refractivity contribution < 1.29 is 18.3 Å². The van der Waals surface area contributed by atoms with Crippen molar-refractivity contribution >= 4 is 17.3 Å². The standard InChI is InChI=1S/C14H12F2N2O2/c1-20-13-9(3-2-4-11(13)17)14(19)18-12-7-8(15)5-6-10(12)16/h2-7H,17H2,1H3,(H,18,19). The Kier molecular flexibility index (Phi) is 3.84. The molecular weight excluding hydrogens is 266 g/mol. The monoisotopic (exact) mass is 278 g/mol. The lowest BCUT2D eigenvalue weighted by molar-refractivity contribution is 0.102. The van der Waals surface area contributed by atoms with Crippen molar-refractivity contribution in [2.75, 3.05) is 18.2 Å². The molecule has 0 heterocycles. The molecule has 2 rings (SSSR count). The fourth-order valence-corrected chi connectivity index (χ4v) is 1.74. The zero-order chi connectivity index (χ0) is 14.7. The van der Waals surface area contributed by atoms with Crippen molar-refractivity contribution in [2.24, 2.45) is 0 Å². The smallest absolute Gasteiger partial charge is 0.259 e. The Bertz CT molecular complexity index is 660. The van der Waals surface area contributed by atoms with Crippen molar-refractivity contribution in [3.8, 4) is 5.75 Å². The van der Waals surface area contributed by atoms with E-state index in [1.165, 1.54) is 13.2 Å². The molecule has 2 aromatic carbocycles. The normalized spacial score (nSPS) is 10.2. The number of methoxy groups -OCH3 is 1. The topological polar surface area (TPSA) is 64.3 Å². The molecule has 0 fully saturated rings. The molecule has 6 heteroatoms. The maximum absolute atomic E-state index is 13.5. The molecule has 0 saturated heterocycles. The third-order valence-corrected chi connectivity index (χ3v) is 2.67. The molecule has 0 radical (unpaired) electrons. The first-order valence-corrected chi connectivity index (χ1v) is 5.72. The number of anilines is 2. The number of nitrogen functional groups attached to an aromatic ring is 1. The molecule has 0 unspecified atom stereocenters. The Hall–Kier alpha value is -2.63. The Labute approximate surface area is 114 Å². The van der Waals surface area contributed by atoms with Gasteiger partial charge in [0.05, 0.1) is 24.0 Å². The highest BCUT2D eigenvalue weighted by Gasteiger charge is 2.16. The Morgan fingerprint density at radius 2 is 2.00 bits per heavy atom. The fraction of sp³-hybridized carbons (Fsp3) is 0.0714. The third kappa shape index (κ3) is 2.69. The van der Waals surface area contributed by atoms with Crippen LogP contribution in [0.15, 0.2) is 36.4 Å². The maximum Gasteiger partial charge on any atom is 0.259 e. The number of amides is 1. The molecule has 0 atom stereocenters. The van der Waals surface area contributed by atoms with Gasteiger partial charge in [-0.3, -0.25) is 4.79 Å². The summed E-state index contributed by atoms with van der Waals surface area (Å²) < 4.78 is 31.6. The van der Waals surface area contributed by atoms with Crippen LogP contribution in [-0.4, -0.2) is 13.0 Å². The van der Waals surface area contributed by atoms with Gasteiger partial charge in [-0.2, -0.15) is 0 Å². The number of hydrogen-bond acceptors (Lipinski definition) is 3. The van der Waals surface area contributed by atoms with Crippen molar-refractivity contribution in [3.63, 3.8) is 0 Å². The van der Waals surface area contributed by atoms with Gasteiger partial charge in [-0.05, 0) is 24.3 Å². The van der Waals surface area contributed by atoms with E-state index in [1.807, 2.05) is 0 Å². The Morgan fingerprint density at radius 3 is 2.70 bits per heavy atom. The first-order valence-electron chi connectivity index (χ1n) is 5.72. The number of nitrogens with one attached hydrogen (secondary N) is 1. The summed E-state index contributed by atoms with van der Waals surface area (Å²) in [6, 6.07) is 7.40. The second-order valence-corrected chi connectivity index (χ2v) is 4.01. The molecule has 0 saturated carbocycles. The van der Waals surface area contributed by atoms with Gasteiger partial charge in [0.2, 0.25) is 0 Å². The number of benzene rings is 2. The minimum absolute atomic E-state index is 0.135. The average Bonchev–Trinajstić information content (AvgIpc) is 2.42. The van der Waals surface area contributed by atoms with E-state index >= 15 is 0 Å². The molecule has 0 aliphatic rings. The SMILES string of the molecule is COc1c(N)cccc1C(=O)Nc1cc(F)ccc1F. The van der Waals surface area contributed by atoms with Crippen LogP contribution in [0.2, 0.25) is 0 Å². The minimum atomic E-state index is -0.734. The van der Waals surface area contributed by atoms with Gasteiger partial charge >= 0.3 is 0 Å². The minimum Gasteiger partial charge on any atom is -0.494 e. The lowest BCUT2D eigenvalue weighted by atomic mass is 10.1. The highest BCUT2D eigenvalue weighted by atomic mass is 19.1. The predicted molar refractivity (Wildman–Crippen MR) is 71.7 cm³/mol. The van der Waals surface area contributed by atoms with Gasteiger partial charge in [-0.15, -0.1) is 0 Å². The van der Waals surface area contributed by atoms with E-state index in [0.29, 0.717) is 0 Å². The molecule has 20 heavy (non-hydrogen) atoms. The fourth-order valence-electron chi connectivity index (χ4n) is 1.74. The van der Waals surface area contributed by atoms with Crippen LogP contribution in [0.25, 0.3) is 0 Å². The van der Waals surface area contributed by atoms with Crippen LogP contribution in [0.3, 0.4) is 0 Å². The van der Waals surface area contributed by atoms with Gasteiger partial charge < -0.3 is 15.8 Å². The average molecular weight is 278 g/mol. The molecule has 1 amide bonds. The molecule has 104 valence electrons. The van der Waals surface area contributed by atoms with Crippen LogP contribution in [0, 0.1) is 11.6 Å². The quantitative estimate of drug-likeness (QED) is 0.848. The van der Waals surface area contributed by atoms with Crippen molar-refractivity contribution in [2.45, 2.75) is 0 Å². The van der Waals surface area contributed by atoms with E-state index in [9.17, 15) is 13.6 Å². The van der Waals surface area contributed by atoms with Crippen molar-refractivity contribution in [1.29, 1.82) is 0 Å². The van der Waals surface area contributed by atoms with E-state index in [1.54, 1.807) is 12.1 Å². The zero-order valence-electron chi connectivity index (χ0n) is 10.6. The summed E-state index contributed by atoms with van der Waals surface area (Å²) in [4.78, 5) is 12.1. The summed E-state index contributed by atoms with van der Waals surface area (Å²) in [6.45, 7) is 0. The van der Waals surface area contributed by atoms with Crippen LogP contribution in [0.4, 0.5) is 20.2 Å². The lowest BCUT2D eigenvalue weighted by Gasteiger charge is -2.11. The van der Waals surface area contributed by atoms with Gasteiger partial charge in [-0.25, -0.2) is 8.78 Å². The molecule has 0 aromatic heterocycles. The van der Waals surface area contributed by atoms with Crippen LogP contribution in [0.1, 0.15) is 10.4 Å². The number of rotatable bonds is 3. The molecule has 0 spiro atoms. The summed E-state index contributed by atoms with van der Waals surface area (Å²) in [6.07, 6.45) is 0. The van der Waals surface area contributed by atoms with Gasteiger partial charge in [0.15, 0.2) is 5.75 Å². The number of nitrogens with two attached hydrogens (primary N) is 1. The van der Waals surface area contributed by atoms with E-state index in [0.717, 1.165) is 18.2 Å². The van der Waals surface area contributed by atoms with Gasteiger partial charge in [0, 0.05) is 6.07 Å². The third-order valence-electron chi connectivity index (χ3n) is 2.67. The number of halogens is 2. The summed E-state index contributed by atoms with van der Waals surface area (Å²) >= 11 is 0. The zero-order valence-corrected chi connectivity index (χ0v) is 10.6. The van der Waals surface area contributed by atoms with Crippen LogP contribution < -0.4 is 15.8 Å². The van der Waals surface area contributed by atoms with Gasteiger partial charge in [-0.1, -0.05) is 6.07 Å². The van der Waals surface area contributed by atoms with E-state index in [-0.39, 0.29) is 22.7 Å². The second kappa shape index (κ2) is 5.56. The van der Waals surface area contributed by atoms with Crippen LogP contribution >= 0.6 is 0 Å². The Balaban J connectivity index is 2.33. The first kappa shape index (κ1) is 13.8. The second-order valence-electron chi connectivity index (χ2n) is 4.01. The number of hydrogen-bond donors (Lipinski definition) is 2. The van der Waals surface area contributed by atoms with Crippen LogP contribution in [-0.2, 0) is 0 Å². The summed E-state index contributed by atoms with van der Waals surface area (Å²) in [7, 11) is 1.37. The Morgan fingerprint density at radius 1 is 1.25 bits per heavy atom. The highest BCUT2D eigenvalue weighted by molar-refractivity contribution is 6.07. The van der Waals surface area contributed by atoms with E-state index in [2.05, 4.69) is 5.32 Å². The number of ether oxygens (including phenoxy) is 1. The molecule has 0 aliphatic carbocycles. The summed E-state index contributed by atoms with van der Waals surface area (Å²) in [5, 5.41) is 2.28. The number of para-hydroxylation sites is 1.